The first kappa shape index (κ1) is 14.1. The average Bonchev–Trinajstić information content (AvgIpc) is 2.92. The van der Waals surface area contributed by atoms with Crippen LogP contribution in [0.3, 0.4) is 0 Å². The Kier molecular flexibility index (Phi) is 4.73. The SMILES string of the molecule is Cn1nccc1CNC1CCCCC1C1CCCCN1. The van der Waals surface area contributed by atoms with Crippen molar-refractivity contribution >= 4 is 0 Å². The van der Waals surface area contributed by atoms with E-state index in [1.54, 1.807) is 0 Å². The number of hydrogen-bond acceptors (Lipinski definition) is 3. The summed E-state index contributed by atoms with van der Waals surface area (Å²) in [4.78, 5) is 0. The first-order valence-electron chi connectivity index (χ1n) is 8.28. The van der Waals surface area contributed by atoms with Crippen LogP contribution in [0.1, 0.15) is 50.6 Å². The molecule has 0 spiro atoms. The number of piperidine rings is 1. The van der Waals surface area contributed by atoms with Crippen molar-refractivity contribution < 1.29 is 0 Å². The second-order valence-electron chi connectivity index (χ2n) is 6.44. The van der Waals surface area contributed by atoms with Crippen LogP contribution in [0.25, 0.3) is 0 Å². The van der Waals surface area contributed by atoms with E-state index in [0.29, 0.717) is 6.04 Å². The van der Waals surface area contributed by atoms with Gasteiger partial charge in [0.1, 0.15) is 0 Å². The van der Waals surface area contributed by atoms with E-state index in [1.807, 2.05) is 17.9 Å². The van der Waals surface area contributed by atoms with Crippen molar-refractivity contribution in [2.24, 2.45) is 13.0 Å². The minimum atomic E-state index is 0.675. The van der Waals surface area contributed by atoms with E-state index in [9.17, 15) is 0 Å². The first-order valence-corrected chi connectivity index (χ1v) is 8.28. The van der Waals surface area contributed by atoms with Gasteiger partial charge in [-0.1, -0.05) is 19.3 Å². The van der Waals surface area contributed by atoms with Gasteiger partial charge in [0.25, 0.3) is 0 Å². The van der Waals surface area contributed by atoms with Gasteiger partial charge in [0, 0.05) is 31.9 Å². The molecule has 112 valence electrons. The third-order valence-electron chi connectivity index (χ3n) is 5.15. The molecule has 4 nitrogen and oxygen atoms in total. The summed E-state index contributed by atoms with van der Waals surface area (Å²) < 4.78 is 1.98. The number of nitrogens with one attached hydrogen (secondary N) is 2. The summed E-state index contributed by atoms with van der Waals surface area (Å²) in [6.07, 6.45) is 11.5. The van der Waals surface area contributed by atoms with Crippen LogP contribution in [0.2, 0.25) is 0 Å². The molecule has 1 aliphatic carbocycles. The lowest BCUT2D eigenvalue weighted by molar-refractivity contribution is 0.180. The van der Waals surface area contributed by atoms with Gasteiger partial charge >= 0.3 is 0 Å². The predicted octanol–water partition coefficient (Wildman–Crippen LogP) is 2.21. The van der Waals surface area contributed by atoms with E-state index in [1.165, 1.54) is 57.2 Å². The zero-order valence-electron chi connectivity index (χ0n) is 12.6. The fourth-order valence-electron chi connectivity index (χ4n) is 3.95. The molecule has 2 N–H and O–H groups in total. The Hall–Kier alpha value is -0.870. The highest BCUT2D eigenvalue weighted by atomic mass is 15.3. The molecule has 1 saturated heterocycles. The Bertz CT molecular complexity index is 408. The Morgan fingerprint density at radius 1 is 1.25 bits per heavy atom. The molecule has 3 atom stereocenters. The molecule has 1 aromatic heterocycles. The van der Waals surface area contributed by atoms with E-state index < -0.39 is 0 Å². The van der Waals surface area contributed by atoms with Crippen LogP contribution in [0.15, 0.2) is 12.3 Å². The summed E-state index contributed by atoms with van der Waals surface area (Å²) in [5.41, 5.74) is 1.28. The molecular formula is C16H28N4. The second-order valence-corrected chi connectivity index (χ2v) is 6.44. The number of aryl methyl sites for hydroxylation is 1. The Morgan fingerprint density at radius 2 is 2.10 bits per heavy atom. The van der Waals surface area contributed by atoms with Crippen molar-refractivity contribution in [3.8, 4) is 0 Å². The largest absolute Gasteiger partial charge is 0.314 e. The fourth-order valence-corrected chi connectivity index (χ4v) is 3.95. The Labute approximate surface area is 122 Å². The molecule has 0 bridgehead atoms. The number of hydrogen-bond donors (Lipinski definition) is 2. The standard InChI is InChI=1S/C16H28N4/c1-20-13(9-11-19-20)12-18-16-7-3-2-6-14(16)15-8-4-5-10-17-15/h9,11,14-18H,2-8,10,12H2,1H3. The molecule has 20 heavy (non-hydrogen) atoms. The number of rotatable bonds is 4. The summed E-state index contributed by atoms with van der Waals surface area (Å²) in [5.74, 6) is 0.817. The molecule has 0 amide bonds. The lowest BCUT2D eigenvalue weighted by atomic mass is 9.77. The molecule has 2 aliphatic rings. The molecule has 1 aliphatic heterocycles. The van der Waals surface area contributed by atoms with Gasteiger partial charge in [0.2, 0.25) is 0 Å². The van der Waals surface area contributed by atoms with Crippen molar-refractivity contribution in [3.63, 3.8) is 0 Å². The molecule has 0 radical (unpaired) electrons. The highest BCUT2D eigenvalue weighted by Gasteiger charge is 2.32. The molecule has 3 rings (SSSR count). The molecule has 4 heteroatoms. The molecule has 0 aromatic carbocycles. The van der Waals surface area contributed by atoms with E-state index in [0.717, 1.165) is 18.5 Å². The summed E-state index contributed by atoms with van der Waals surface area (Å²) in [6, 6.07) is 3.53. The maximum absolute atomic E-state index is 4.25. The molecule has 2 fully saturated rings. The Balaban J connectivity index is 1.58. The zero-order valence-corrected chi connectivity index (χ0v) is 12.6. The van der Waals surface area contributed by atoms with Crippen LogP contribution < -0.4 is 10.6 Å². The predicted molar refractivity (Wildman–Crippen MR) is 81.4 cm³/mol. The van der Waals surface area contributed by atoms with Crippen molar-refractivity contribution in [1.29, 1.82) is 0 Å². The lowest BCUT2D eigenvalue weighted by Gasteiger charge is -2.40. The van der Waals surface area contributed by atoms with Gasteiger partial charge in [-0.2, -0.15) is 5.10 Å². The van der Waals surface area contributed by atoms with Crippen LogP contribution in [0.4, 0.5) is 0 Å². The normalized spacial score (nSPS) is 31.4. The van der Waals surface area contributed by atoms with Crippen molar-refractivity contribution in [1.82, 2.24) is 20.4 Å². The fraction of sp³-hybridized carbons (Fsp3) is 0.812. The topological polar surface area (TPSA) is 41.9 Å². The summed E-state index contributed by atoms with van der Waals surface area (Å²) in [7, 11) is 2.03. The van der Waals surface area contributed by atoms with E-state index >= 15 is 0 Å². The average molecular weight is 276 g/mol. The summed E-state index contributed by atoms with van der Waals surface area (Å²) in [6.45, 7) is 2.17. The smallest absolute Gasteiger partial charge is 0.0518 e. The van der Waals surface area contributed by atoms with Crippen LogP contribution in [-0.2, 0) is 13.6 Å². The summed E-state index contributed by atoms with van der Waals surface area (Å²) >= 11 is 0. The van der Waals surface area contributed by atoms with Gasteiger partial charge < -0.3 is 10.6 Å². The van der Waals surface area contributed by atoms with Crippen molar-refractivity contribution in [2.45, 2.75) is 63.6 Å². The zero-order chi connectivity index (χ0) is 13.8. The van der Waals surface area contributed by atoms with Gasteiger partial charge in [-0.3, -0.25) is 4.68 Å². The maximum atomic E-state index is 4.25. The van der Waals surface area contributed by atoms with Gasteiger partial charge in [0.05, 0.1) is 5.69 Å². The van der Waals surface area contributed by atoms with Crippen LogP contribution in [0.5, 0.6) is 0 Å². The van der Waals surface area contributed by atoms with Crippen LogP contribution in [-0.4, -0.2) is 28.4 Å². The van der Waals surface area contributed by atoms with Gasteiger partial charge in [-0.15, -0.1) is 0 Å². The molecule has 1 aromatic rings. The quantitative estimate of drug-likeness (QED) is 0.886. The molecule has 1 saturated carbocycles. The maximum Gasteiger partial charge on any atom is 0.0518 e. The third-order valence-corrected chi connectivity index (χ3v) is 5.15. The minimum Gasteiger partial charge on any atom is -0.314 e. The highest BCUT2D eigenvalue weighted by molar-refractivity contribution is 5.00. The minimum absolute atomic E-state index is 0.675. The van der Waals surface area contributed by atoms with Gasteiger partial charge in [0.15, 0.2) is 0 Å². The number of nitrogens with zero attached hydrogens (tertiary/aromatic N) is 2. The highest BCUT2D eigenvalue weighted by Crippen LogP contribution is 2.30. The molecule has 2 heterocycles. The van der Waals surface area contributed by atoms with Crippen molar-refractivity contribution in [3.05, 3.63) is 18.0 Å². The molecule has 3 unspecified atom stereocenters. The number of aromatic nitrogens is 2. The summed E-state index contributed by atoms with van der Waals surface area (Å²) in [5, 5.41) is 11.8. The van der Waals surface area contributed by atoms with Crippen LogP contribution in [0, 0.1) is 5.92 Å². The van der Waals surface area contributed by atoms with E-state index in [-0.39, 0.29) is 0 Å². The van der Waals surface area contributed by atoms with Gasteiger partial charge in [-0.25, -0.2) is 0 Å². The molecular weight excluding hydrogens is 248 g/mol. The third kappa shape index (κ3) is 3.23. The first-order chi connectivity index (χ1) is 9.84. The van der Waals surface area contributed by atoms with E-state index in [4.69, 9.17) is 0 Å². The van der Waals surface area contributed by atoms with Gasteiger partial charge in [-0.05, 0) is 44.2 Å². The van der Waals surface area contributed by atoms with Crippen molar-refractivity contribution in [2.75, 3.05) is 6.54 Å². The van der Waals surface area contributed by atoms with Crippen LogP contribution >= 0.6 is 0 Å². The monoisotopic (exact) mass is 276 g/mol. The van der Waals surface area contributed by atoms with E-state index in [2.05, 4.69) is 21.8 Å². The lowest BCUT2D eigenvalue weighted by Crippen LogP contribution is -2.50. The second kappa shape index (κ2) is 6.72. The Morgan fingerprint density at radius 3 is 2.85 bits per heavy atom.